The van der Waals surface area contributed by atoms with Gasteiger partial charge in [-0.15, -0.1) is 0 Å². The van der Waals surface area contributed by atoms with Gasteiger partial charge in [0.2, 0.25) is 0 Å². The highest BCUT2D eigenvalue weighted by molar-refractivity contribution is 5.83. The number of hydrogen-bond donors (Lipinski definition) is 1. The lowest BCUT2D eigenvalue weighted by molar-refractivity contribution is -0.148. The van der Waals surface area contributed by atoms with Crippen molar-refractivity contribution >= 4 is 17.6 Å². The molecule has 1 rings (SSSR count). The number of benzene rings is 1. The highest BCUT2D eigenvalue weighted by atomic mass is 16.6. The maximum atomic E-state index is 11.8. The standard InChI is InChI=1S/C17H23NO4/c1-17(2,3)22-15(19)12-8-11-14(16(20)21-4)18-13-9-6-5-7-10-13/h5-10,12,14,18H,11H2,1-4H3/b12-8+. The van der Waals surface area contributed by atoms with Crippen LogP contribution in [0.15, 0.2) is 42.5 Å². The number of methoxy groups -OCH3 is 1. The Morgan fingerprint density at radius 3 is 2.41 bits per heavy atom. The molecule has 0 fully saturated rings. The first-order valence-electron chi connectivity index (χ1n) is 7.11. The van der Waals surface area contributed by atoms with Crippen molar-refractivity contribution in [2.75, 3.05) is 12.4 Å². The molecule has 1 aromatic rings. The molecule has 0 aromatic heterocycles. The van der Waals surface area contributed by atoms with Crippen molar-refractivity contribution in [3.8, 4) is 0 Å². The minimum Gasteiger partial charge on any atom is -0.467 e. The van der Waals surface area contributed by atoms with E-state index in [1.807, 2.05) is 30.3 Å². The Bertz CT molecular complexity index is 517. The molecule has 0 aliphatic carbocycles. The predicted octanol–water partition coefficient (Wildman–Crippen LogP) is 2.93. The minimum atomic E-state index is -0.564. The van der Waals surface area contributed by atoms with Gasteiger partial charge in [-0.1, -0.05) is 24.3 Å². The molecule has 0 aliphatic rings. The van der Waals surface area contributed by atoms with E-state index in [0.717, 1.165) is 5.69 Å². The Hall–Kier alpha value is -2.30. The predicted molar refractivity (Wildman–Crippen MR) is 85.5 cm³/mol. The van der Waals surface area contributed by atoms with Gasteiger partial charge in [-0.25, -0.2) is 9.59 Å². The van der Waals surface area contributed by atoms with E-state index in [1.54, 1.807) is 26.8 Å². The molecule has 0 aliphatic heterocycles. The van der Waals surface area contributed by atoms with E-state index >= 15 is 0 Å². The second kappa shape index (κ2) is 8.22. The average Bonchev–Trinajstić information content (AvgIpc) is 2.44. The summed E-state index contributed by atoms with van der Waals surface area (Å²) in [5.74, 6) is -0.825. The molecular formula is C17H23NO4. The van der Waals surface area contributed by atoms with Crippen molar-refractivity contribution in [2.45, 2.75) is 38.8 Å². The summed E-state index contributed by atoms with van der Waals surface area (Å²) in [5, 5.41) is 3.07. The molecule has 0 amide bonds. The first kappa shape index (κ1) is 17.8. The molecule has 22 heavy (non-hydrogen) atoms. The molecule has 0 saturated heterocycles. The second-order valence-electron chi connectivity index (χ2n) is 5.76. The van der Waals surface area contributed by atoms with Gasteiger partial charge in [-0.05, 0) is 39.3 Å². The molecule has 5 nitrogen and oxygen atoms in total. The van der Waals surface area contributed by atoms with E-state index in [9.17, 15) is 9.59 Å². The lowest BCUT2D eigenvalue weighted by Gasteiger charge is -2.18. The molecule has 0 spiro atoms. The van der Waals surface area contributed by atoms with Crippen LogP contribution in [0.25, 0.3) is 0 Å². The number of hydrogen-bond acceptors (Lipinski definition) is 5. The number of anilines is 1. The molecule has 0 saturated carbocycles. The minimum absolute atomic E-state index is 0.320. The molecule has 1 N–H and O–H groups in total. The lowest BCUT2D eigenvalue weighted by atomic mass is 10.1. The van der Waals surface area contributed by atoms with E-state index < -0.39 is 23.6 Å². The third-order valence-electron chi connectivity index (χ3n) is 2.63. The smallest absolute Gasteiger partial charge is 0.330 e. The largest absolute Gasteiger partial charge is 0.467 e. The Morgan fingerprint density at radius 1 is 1.23 bits per heavy atom. The van der Waals surface area contributed by atoms with Crippen molar-refractivity contribution in [2.24, 2.45) is 0 Å². The third-order valence-corrected chi connectivity index (χ3v) is 2.63. The van der Waals surface area contributed by atoms with Gasteiger partial charge in [-0.3, -0.25) is 0 Å². The van der Waals surface area contributed by atoms with E-state index in [2.05, 4.69) is 5.32 Å². The Morgan fingerprint density at radius 2 is 1.86 bits per heavy atom. The van der Waals surface area contributed by atoms with Crippen LogP contribution < -0.4 is 5.32 Å². The summed E-state index contributed by atoms with van der Waals surface area (Å²) in [6.45, 7) is 5.40. The van der Waals surface area contributed by atoms with Crippen molar-refractivity contribution < 1.29 is 19.1 Å². The quantitative estimate of drug-likeness (QED) is 0.646. The SMILES string of the molecule is COC(=O)C(C/C=C/C(=O)OC(C)(C)C)Nc1ccccc1. The monoisotopic (exact) mass is 305 g/mol. The van der Waals surface area contributed by atoms with Crippen LogP contribution in [0.4, 0.5) is 5.69 Å². The number of ether oxygens (including phenoxy) is 2. The summed E-state index contributed by atoms with van der Waals surface area (Å²) in [7, 11) is 1.33. The molecule has 0 bridgehead atoms. The second-order valence-corrected chi connectivity index (χ2v) is 5.76. The van der Waals surface area contributed by atoms with Crippen LogP contribution in [0, 0.1) is 0 Å². The fraction of sp³-hybridized carbons (Fsp3) is 0.412. The molecule has 1 aromatic carbocycles. The van der Waals surface area contributed by atoms with Crippen LogP contribution in [-0.4, -0.2) is 30.7 Å². The van der Waals surface area contributed by atoms with Gasteiger partial charge < -0.3 is 14.8 Å². The number of rotatable bonds is 6. The fourth-order valence-corrected chi connectivity index (χ4v) is 1.73. The molecular weight excluding hydrogens is 282 g/mol. The van der Waals surface area contributed by atoms with Crippen LogP contribution in [-0.2, 0) is 19.1 Å². The van der Waals surface area contributed by atoms with Crippen LogP contribution in [0.2, 0.25) is 0 Å². The van der Waals surface area contributed by atoms with E-state index in [1.165, 1.54) is 13.2 Å². The van der Waals surface area contributed by atoms with Crippen molar-refractivity contribution in [3.63, 3.8) is 0 Å². The number of para-hydroxylation sites is 1. The zero-order valence-corrected chi connectivity index (χ0v) is 13.5. The first-order chi connectivity index (χ1) is 10.3. The summed E-state index contributed by atoms with van der Waals surface area (Å²) in [6, 6.07) is 8.77. The molecule has 1 atom stereocenters. The van der Waals surface area contributed by atoms with Crippen molar-refractivity contribution in [1.29, 1.82) is 0 Å². The zero-order chi connectivity index (χ0) is 16.6. The Labute approximate surface area is 131 Å². The van der Waals surface area contributed by atoms with Gasteiger partial charge in [0, 0.05) is 11.8 Å². The highest BCUT2D eigenvalue weighted by Crippen LogP contribution is 2.11. The normalized spacial score (nSPS) is 12.7. The number of nitrogens with one attached hydrogen (secondary N) is 1. The van der Waals surface area contributed by atoms with Crippen LogP contribution in [0.3, 0.4) is 0 Å². The van der Waals surface area contributed by atoms with Gasteiger partial charge in [0.25, 0.3) is 0 Å². The van der Waals surface area contributed by atoms with Crippen molar-refractivity contribution in [1.82, 2.24) is 0 Å². The number of carbonyl (C=O) groups excluding carboxylic acids is 2. The molecule has 1 unspecified atom stereocenters. The Kier molecular flexibility index (Phi) is 6.63. The van der Waals surface area contributed by atoms with Gasteiger partial charge in [0.15, 0.2) is 0 Å². The maximum absolute atomic E-state index is 11.8. The summed E-state index contributed by atoms with van der Waals surface area (Å²) >= 11 is 0. The van der Waals surface area contributed by atoms with E-state index in [4.69, 9.17) is 9.47 Å². The van der Waals surface area contributed by atoms with E-state index in [0.29, 0.717) is 6.42 Å². The van der Waals surface area contributed by atoms with Crippen LogP contribution in [0.1, 0.15) is 27.2 Å². The Balaban J connectivity index is 2.63. The molecule has 120 valence electrons. The average molecular weight is 305 g/mol. The van der Waals surface area contributed by atoms with Crippen LogP contribution >= 0.6 is 0 Å². The molecule has 5 heteroatoms. The van der Waals surface area contributed by atoms with Gasteiger partial charge >= 0.3 is 11.9 Å². The number of esters is 2. The highest BCUT2D eigenvalue weighted by Gasteiger charge is 2.18. The summed E-state index contributed by atoms with van der Waals surface area (Å²) in [4.78, 5) is 23.4. The summed E-state index contributed by atoms with van der Waals surface area (Å²) in [6.07, 6.45) is 3.25. The topological polar surface area (TPSA) is 64.6 Å². The number of carbonyl (C=O) groups is 2. The fourth-order valence-electron chi connectivity index (χ4n) is 1.73. The summed E-state index contributed by atoms with van der Waals surface area (Å²) in [5.41, 5.74) is 0.273. The van der Waals surface area contributed by atoms with Gasteiger partial charge in [0.05, 0.1) is 7.11 Å². The van der Waals surface area contributed by atoms with Crippen LogP contribution in [0.5, 0.6) is 0 Å². The van der Waals surface area contributed by atoms with Gasteiger partial charge in [0.1, 0.15) is 11.6 Å². The lowest BCUT2D eigenvalue weighted by Crippen LogP contribution is -2.30. The van der Waals surface area contributed by atoms with Gasteiger partial charge in [-0.2, -0.15) is 0 Å². The summed E-state index contributed by atoms with van der Waals surface area (Å²) < 4.78 is 9.93. The molecule has 0 heterocycles. The third kappa shape index (κ3) is 6.92. The zero-order valence-electron chi connectivity index (χ0n) is 13.5. The first-order valence-corrected chi connectivity index (χ1v) is 7.11. The maximum Gasteiger partial charge on any atom is 0.330 e. The molecule has 0 radical (unpaired) electrons. The van der Waals surface area contributed by atoms with E-state index in [-0.39, 0.29) is 0 Å². The van der Waals surface area contributed by atoms with Crippen molar-refractivity contribution in [3.05, 3.63) is 42.5 Å².